The van der Waals surface area contributed by atoms with Gasteiger partial charge >= 0.3 is 0 Å². The molecule has 1 aliphatic heterocycles. The van der Waals surface area contributed by atoms with Crippen LogP contribution < -0.4 is 15.0 Å². The molecule has 0 radical (unpaired) electrons. The number of anilines is 2. The Hall–Kier alpha value is -2.07. The summed E-state index contributed by atoms with van der Waals surface area (Å²) in [5.41, 5.74) is 4.80. The summed E-state index contributed by atoms with van der Waals surface area (Å²) < 4.78 is 5.67. The topological polar surface area (TPSA) is 24.5 Å². The minimum atomic E-state index is 0.636. The van der Waals surface area contributed by atoms with Gasteiger partial charge in [-0.2, -0.15) is 0 Å². The Labute approximate surface area is 143 Å². The quantitative estimate of drug-likeness (QED) is 0.837. The fourth-order valence-corrected chi connectivity index (χ4v) is 3.27. The average Bonchev–Trinajstić information content (AvgIpc) is 2.56. The first-order valence-corrected chi connectivity index (χ1v) is 8.49. The van der Waals surface area contributed by atoms with E-state index in [-0.39, 0.29) is 0 Å². The molecule has 0 atom stereocenters. The summed E-state index contributed by atoms with van der Waals surface area (Å²) >= 11 is 5.67. The van der Waals surface area contributed by atoms with Crippen molar-refractivity contribution < 1.29 is 4.74 Å². The lowest BCUT2D eigenvalue weighted by Crippen LogP contribution is -2.38. The highest BCUT2D eigenvalue weighted by molar-refractivity contribution is 7.80. The van der Waals surface area contributed by atoms with Crippen molar-refractivity contribution in [2.45, 2.75) is 26.7 Å². The number of ether oxygens (including phenoxy) is 1. The molecular formula is C19H22N2OS. The molecule has 0 unspecified atom stereocenters. The third kappa shape index (κ3) is 3.48. The molecule has 0 saturated heterocycles. The van der Waals surface area contributed by atoms with Crippen molar-refractivity contribution in [2.75, 3.05) is 23.4 Å². The predicted octanol–water partition coefficient (Wildman–Crippen LogP) is 4.54. The van der Waals surface area contributed by atoms with Gasteiger partial charge in [-0.3, -0.25) is 0 Å². The standard InChI is InChI=1S/C19H22N2OS/c1-3-22-18-9-5-4-8-16(18)20-19(23)21-12-6-7-15-13-14(2)10-11-17(15)21/h4-5,8-11,13H,3,6-7,12H2,1-2H3,(H,20,23). The zero-order valence-electron chi connectivity index (χ0n) is 13.6. The molecule has 2 aromatic rings. The number of hydrogen-bond acceptors (Lipinski definition) is 2. The van der Waals surface area contributed by atoms with Gasteiger partial charge in [0.1, 0.15) is 5.75 Å². The highest BCUT2D eigenvalue weighted by atomic mass is 32.1. The van der Waals surface area contributed by atoms with Gasteiger partial charge in [0.25, 0.3) is 0 Å². The van der Waals surface area contributed by atoms with Crippen LogP contribution in [0.15, 0.2) is 42.5 Å². The summed E-state index contributed by atoms with van der Waals surface area (Å²) in [6, 6.07) is 14.5. The predicted molar refractivity (Wildman–Crippen MR) is 101 cm³/mol. The van der Waals surface area contributed by atoms with Crippen LogP contribution in [0.1, 0.15) is 24.5 Å². The Morgan fingerprint density at radius 3 is 2.91 bits per heavy atom. The van der Waals surface area contributed by atoms with Crippen molar-refractivity contribution >= 4 is 28.7 Å². The van der Waals surface area contributed by atoms with Crippen molar-refractivity contribution in [1.82, 2.24) is 0 Å². The normalized spacial score (nSPS) is 13.4. The van der Waals surface area contributed by atoms with Gasteiger partial charge in [0.05, 0.1) is 12.3 Å². The van der Waals surface area contributed by atoms with Gasteiger partial charge in [-0.15, -0.1) is 0 Å². The number of hydrogen-bond donors (Lipinski definition) is 1. The molecule has 1 heterocycles. The molecular weight excluding hydrogens is 304 g/mol. The molecule has 0 aliphatic carbocycles. The molecule has 2 aromatic carbocycles. The molecule has 120 valence electrons. The molecule has 0 amide bonds. The fourth-order valence-electron chi connectivity index (χ4n) is 2.97. The summed E-state index contributed by atoms with van der Waals surface area (Å²) in [7, 11) is 0. The molecule has 0 saturated carbocycles. The molecule has 0 aromatic heterocycles. The lowest BCUT2D eigenvalue weighted by atomic mass is 10.00. The van der Waals surface area contributed by atoms with Crippen LogP contribution in [-0.2, 0) is 6.42 Å². The summed E-state index contributed by atoms with van der Waals surface area (Å²) in [6.45, 7) is 5.70. The first kappa shape index (κ1) is 15.8. The van der Waals surface area contributed by atoms with Crippen LogP contribution >= 0.6 is 12.2 Å². The van der Waals surface area contributed by atoms with E-state index < -0.39 is 0 Å². The SMILES string of the molecule is CCOc1ccccc1NC(=S)N1CCCc2cc(C)ccc21. The van der Waals surface area contributed by atoms with E-state index in [0.717, 1.165) is 35.9 Å². The summed E-state index contributed by atoms with van der Waals surface area (Å²) in [4.78, 5) is 2.19. The van der Waals surface area contributed by atoms with Crippen molar-refractivity contribution in [2.24, 2.45) is 0 Å². The number of thiocarbonyl (C=S) groups is 1. The van der Waals surface area contributed by atoms with E-state index in [1.807, 2.05) is 31.2 Å². The average molecular weight is 326 g/mol. The summed E-state index contributed by atoms with van der Waals surface area (Å²) in [6.07, 6.45) is 2.23. The third-order valence-corrected chi connectivity index (χ3v) is 4.35. The van der Waals surface area contributed by atoms with Gasteiger partial charge in [-0.05, 0) is 62.7 Å². The first-order valence-electron chi connectivity index (χ1n) is 8.09. The number of nitrogens with one attached hydrogen (secondary N) is 1. The molecule has 23 heavy (non-hydrogen) atoms. The summed E-state index contributed by atoms with van der Waals surface area (Å²) in [5, 5.41) is 4.08. The second kappa shape index (κ2) is 7.01. The Balaban J connectivity index is 1.83. The van der Waals surface area contributed by atoms with Crippen molar-refractivity contribution in [3.63, 3.8) is 0 Å². The van der Waals surface area contributed by atoms with Crippen molar-refractivity contribution in [3.8, 4) is 5.75 Å². The number of para-hydroxylation sites is 2. The Morgan fingerprint density at radius 2 is 2.09 bits per heavy atom. The number of rotatable bonds is 3. The highest BCUT2D eigenvalue weighted by Crippen LogP contribution is 2.30. The van der Waals surface area contributed by atoms with Gasteiger partial charge in [-0.1, -0.05) is 29.8 Å². The van der Waals surface area contributed by atoms with Gasteiger partial charge in [0, 0.05) is 12.2 Å². The molecule has 0 fully saturated rings. The molecule has 0 bridgehead atoms. The monoisotopic (exact) mass is 326 g/mol. The van der Waals surface area contributed by atoms with Crippen molar-refractivity contribution in [1.29, 1.82) is 0 Å². The Morgan fingerprint density at radius 1 is 1.26 bits per heavy atom. The zero-order chi connectivity index (χ0) is 16.2. The smallest absolute Gasteiger partial charge is 0.178 e. The van der Waals surface area contributed by atoms with Crippen LogP contribution in [0.4, 0.5) is 11.4 Å². The maximum absolute atomic E-state index is 5.67. The van der Waals surface area contributed by atoms with Gasteiger partial charge in [0.2, 0.25) is 0 Å². The van der Waals surface area contributed by atoms with Crippen LogP contribution in [-0.4, -0.2) is 18.3 Å². The molecule has 4 heteroatoms. The molecule has 3 nitrogen and oxygen atoms in total. The number of benzene rings is 2. The van der Waals surface area contributed by atoms with Gasteiger partial charge in [-0.25, -0.2) is 0 Å². The number of nitrogens with zero attached hydrogens (tertiary/aromatic N) is 1. The van der Waals surface area contributed by atoms with E-state index in [9.17, 15) is 0 Å². The van der Waals surface area contributed by atoms with Crippen LogP contribution in [0.3, 0.4) is 0 Å². The van der Waals surface area contributed by atoms with E-state index in [2.05, 4.69) is 35.3 Å². The van der Waals surface area contributed by atoms with E-state index in [0.29, 0.717) is 6.61 Å². The Bertz CT molecular complexity index is 714. The van der Waals surface area contributed by atoms with E-state index >= 15 is 0 Å². The third-order valence-electron chi connectivity index (χ3n) is 4.03. The van der Waals surface area contributed by atoms with Crippen molar-refractivity contribution in [3.05, 3.63) is 53.6 Å². The highest BCUT2D eigenvalue weighted by Gasteiger charge is 2.20. The van der Waals surface area contributed by atoms with E-state index in [4.69, 9.17) is 17.0 Å². The maximum atomic E-state index is 5.67. The second-order valence-corrected chi connectivity index (χ2v) is 6.13. The lowest BCUT2D eigenvalue weighted by Gasteiger charge is -2.32. The fraction of sp³-hybridized carbons (Fsp3) is 0.316. The van der Waals surface area contributed by atoms with Gasteiger partial charge in [0.15, 0.2) is 5.11 Å². The molecule has 0 spiro atoms. The number of fused-ring (bicyclic) bond motifs is 1. The van der Waals surface area contributed by atoms with Crippen LogP contribution in [0.2, 0.25) is 0 Å². The van der Waals surface area contributed by atoms with Crippen LogP contribution in [0.5, 0.6) is 5.75 Å². The largest absolute Gasteiger partial charge is 0.492 e. The zero-order valence-corrected chi connectivity index (χ0v) is 14.5. The van der Waals surface area contributed by atoms with E-state index in [1.165, 1.54) is 16.8 Å². The van der Waals surface area contributed by atoms with E-state index in [1.54, 1.807) is 0 Å². The molecule has 1 aliphatic rings. The van der Waals surface area contributed by atoms with Crippen LogP contribution in [0, 0.1) is 6.92 Å². The lowest BCUT2D eigenvalue weighted by molar-refractivity contribution is 0.342. The first-order chi connectivity index (χ1) is 11.2. The minimum Gasteiger partial charge on any atom is -0.492 e. The Kier molecular flexibility index (Phi) is 4.82. The maximum Gasteiger partial charge on any atom is 0.178 e. The second-order valence-electron chi connectivity index (χ2n) is 5.75. The molecule has 1 N–H and O–H groups in total. The number of aryl methyl sites for hydroxylation is 2. The molecule has 3 rings (SSSR count). The minimum absolute atomic E-state index is 0.636. The van der Waals surface area contributed by atoms with Crippen LogP contribution in [0.25, 0.3) is 0 Å². The summed E-state index contributed by atoms with van der Waals surface area (Å²) in [5.74, 6) is 0.832. The van der Waals surface area contributed by atoms with Gasteiger partial charge < -0.3 is 15.0 Å².